The molecular weight excluding hydrogens is 318 g/mol. The Labute approximate surface area is 126 Å². The van der Waals surface area contributed by atoms with Crippen LogP contribution >= 0.6 is 15.9 Å². The summed E-state index contributed by atoms with van der Waals surface area (Å²) < 4.78 is 6.50. The smallest absolute Gasteiger partial charge is 0.131 e. The number of nitrogens with zero attached hydrogens (tertiary/aromatic N) is 3. The maximum Gasteiger partial charge on any atom is 0.131 e. The molecule has 0 amide bonds. The zero-order valence-electron chi connectivity index (χ0n) is 11.2. The Balaban J connectivity index is 1.48. The van der Waals surface area contributed by atoms with E-state index < -0.39 is 0 Å². The molecule has 1 saturated carbocycles. The number of furan rings is 1. The molecule has 0 aromatic carbocycles. The largest absolute Gasteiger partial charge is 0.467 e. The van der Waals surface area contributed by atoms with Gasteiger partial charge in [0.05, 0.1) is 11.0 Å². The molecule has 0 unspecified atom stereocenters. The van der Waals surface area contributed by atoms with E-state index >= 15 is 0 Å². The molecule has 0 N–H and O–H groups in total. The van der Waals surface area contributed by atoms with Gasteiger partial charge in [-0.15, -0.1) is 0 Å². The van der Waals surface area contributed by atoms with Gasteiger partial charge in [0.25, 0.3) is 0 Å². The highest BCUT2D eigenvalue weighted by atomic mass is 79.9. The lowest BCUT2D eigenvalue weighted by molar-refractivity contribution is 0.223. The third kappa shape index (κ3) is 2.52. The molecule has 5 heteroatoms. The average molecular weight is 334 g/mol. The SMILES string of the molecule is Brc1coc(CN2CCc3nc(C4CC4)ncc3C2)c1. The van der Waals surface area contributed by atoms with Crippen LogP contribution in [0.4, 0.5) is 0 Å². The van der Waals surface area contributed by atoms with Crippen molar-refractivity contribution in [2.24, 2.45) is 0 Å². The third-order valence-electron chi connectivity index (χ3n) is 3.98. The summed E-state index contributed by atoms with van der Waals surface area (Å²) in [7, 11) is 0. The first-order chi connectivity index (χ1) is 9.78. The van der Waals surface area contributed by atoms with Gasteiger partial charge in [0.15, 0.2) is 0 Å². The van der Waals surface area contributed by atoms with Gasteiger partial charge in [0.2, 0.25) is 0 Å². The van der Waals surface area contributed by atoms with E-state index in [-0.39, 0.29) is 0 Å². The van der Waals surface area contributed by atoms with Crippen molar-refractivity contribution < 1.29 is 4.42 Å². The predicted octanol–water partition coefficient (Wildman–Crippen LogP) is 3.27. The van der Waals surface area contributed by atoms with E-state index in [1.807, 2.05) is 12.3 Å². The zero-order valence-corrected chi connectivity index (χ0v) is 12.8. The van der Waals surface area contributed by atoms with E-state index in [0.29, 0.717) is 5.92 Å². The van der Waals surface area contributed by atoms with Gasteiger partial charge in [0, 0.05) is 42.9 Å². The summed E-state index contributed by atoms with van der Waals surface area (Å²) in [4.78, 5) is 11.7. The predicted molar refractivity (Wildman–Crippen MR) is 78.2 cm³/mol. The monoisotopic (exact) mass is 333 g/mol. The standard InChI is InChI=1S/C15H16BrN3O/c16-12-5-13(20-9-12)8-19-4-3-14-11(7-19)6-17-15(18-14)10-1-2-10/h5-6,9-10H,1-4,7-8H2. The van der Waals surface area contributed by atoms with Crippen LogP contribution in [0.25, 0.3) is 0 Å². The van der Waals surface area contributed by atoms with Crippen LogP contribution in [0.3, 0.4) is 0 Å². The van der Waals surface area contributed by atoms with Crippen molar-refractivity contribution in [3.63, 3.8) is 0 Å². The van der Waals surface area contributed by atoms with Crippen molar-refractivity contribution in [3.05, 3.63) is 45.8 Å². The Morgan fingerprint density at radius 2 is 2.30 bits per heavy atom. The van der Waals surface area contributed by atoms with E-state index in [1.54, 1.807) is 6.26 Å². The van der Waals surface area contributed by atoms with Crippen molar-refractivity contribution in [1.82, 2.24) is 14.9 Å². The number of aromatic nitrogens is 2. The van der Waals surface area contributed by atoms with E-state index in [0.717, 1.165) is 42.1 Å². The number of rotatable bonds is 3. The lowest BCUT2D eigenvalue weighted by Gasteiger charge is -2.27. The van der Waals surface area contributed by atoms with Crippen LogP contribution in [0.1, 0.15) is 41.6 Å². The van der Waals surface area contributed by atoms with E-state index in [1.165, 1.54) is 24.1 Å². The summed E-state index contributed by atoms with van der Waals surface area (Å²) in [6, 6.07) is 2.03. The average Bonchev–Trinajstić information content (AvgIpc) is 3.22. The maximum absolute atomic E-state index is 5.49. The molecular formula is C15H16BrN3O. The number of hydrogen-bond acceptors (Lipinski definition) is 4. The van der Waals surface area contributed by atoms with Crippen molar-refractivity contribution >= 4 is 15.9 Å². The highest BCUT2D eigenvalue weighted by Gasteiger charge is 2.28. The van der Waals surface area contributed by atoms with Gasteiger partial charge in [-0.1, -0.05) is 0 Å². The second-order valence-corrected chi connectivity index (χ2v) is 6.58. The minimum atomic E-state index is 0.638. The summed E-state index contributed by atoms with van der Waals surface area (Å²) in [5.41, 5.74) is 2.52. The van der Waals surface area contributed by atoms with Gasteiger partial charge < -0.3 is 4.42 Å². The fourth-order valence-electron chi connectivity index (χ4n) is 2.72. The van der Waals surface area contributed by atoms with Crippen LogP contribution in [-0.4, -0.2) is 21.4 Å². The molecule has 104 valence electrons. The molecule has 3 heterocycles. The van der Waals surface area contributed by atoms with E-state index in [9.17, 15) is 0 Å². The van der Waals surface area contributed by atoms with Gasteiger partial charge in [-0.05, 0) is 34.8 Å². The Morgan fingerprint density at radius 3 is 3.05 bits per heavy atom. The summed E-state index contributed by atoms with van der Waals surface area (Å²) in [5.74, 6) is 2.70. The first-order valence-corrected chi connectivity index (χ1v) is 7.87. The normalized spacial score (nSPS) is 19.1. The Kier molecular flexibility index (Phi) is 3.11. The summed E-state index contributed by atoms with van der Waals surface area (Å²) in [6.07, 6.45) is 7.30. The third-order valence-corrected chi connectivity index (χ3v) is 4.39. The second-order valence-electron chi connectivity index (χ2n) is 5.67. The molecule has 2 aliphatic rings. The van der Waals surface area contributed by atoms with Gasteiger partial charge in [-0.2, -0.15) is 0 Å². The van der Waals surface area contributed by atoms with Gasteiger partial charge in [-0.25, -0.2) is 9.97 Å². The quantitative estimate of drug-likeness (QED) is 0.864. The molecule has 0 bridgehead atoms. The Bertz CT molecular complexity index is 636. The molecule has 2 aromatic rings. The number of halogens is 1. The summed E-state index contributed by atoms with van der Waals surface area (Å²) in [6.45, 7) is 2.79. The Morgan fingerprint density at radius 1 is 1.40 bits per heavy atom. The summed E-state index contributed by atoms with van der Waals surface area (Å²) >= 11 is 3.42. The fourth-order valence-corrected chi connectivity index (χ4v) is 3.07. The molecule has 0 atom stereocenters. The van der Waals surface area contributed by atoms with Crippen molar-refractivity contribution in [2.45, 2.75) is 38.3 Å². The highest BCUT2D eigenvalue weighted by Crippen LogP contribution is 2.38. The van der Waals surface area contributed by atoms with Crippen LogP contribution in [0.2, 0.25) is 0 Å². The fraction of sp³-hybridized carbons (Fsp3) is 0.467. The lowest BCUT2D eigenvalue weighted by atomic mass is 10.1. The van der Waals surface area contributed by atoms with Crippen molar-refractivity contribution in [3.8, 4) is 0 Å². The van der Waals surface area contributed by atoms with Crippen LogP contribution in [0.15, 0.2) is 27.4 Å². The van der Waals surface area contributed by atoms with Crippen LogP contribution in [0.5, 0.6) is 0 Å². The van der Waals surface area contributed by atoms with E-state index in [2.05, 4.69) is 25.8 Å². The van der Waals surface area contributed by atoms with Crippen LogP contribution in [0, 0.1) is 0 Å². The molecule has 2 aromatic heterocycles. The maximum atomic E-state index is 5.49. The van der Waals surface area contributed by atoms with Crippen molar-refractivity contribution in [2.75, 3.05) is 6.54 Å². The molecule has 1 aliphatic heterocycles. The minimum absolute atomic E-state index is 0.638. The molecule has 0 spiro atoms. The molecule has 0 radical (unpaired) electrons. The topological polar surface area (TPSA) is 42.2 Å². The molecule has 4 rings (SSSR count). The van der Waals surface area contributed by atoms with Gasteiger partial charge >= 0.3 is 0 Å². The van der Waals surface area contributed by atoms with E-state index in [4.69, 9.17) is 9.40 Å². The van der Waals surface area contributed by atoms with Gasteiger partial charge in [0.1, 0.15) is 17.8 Å². The molecule has 20 heavy (non-hydrogen) atoms. The number of hydrogen-bond donors (Lipinski definition) is 0. The van der Waals surface area contributed by atoms with Gasteiger partial charge in [-0.3, -0.25) is 4.90 Å². The lowest BCUT2D eigenvalue weighted by Crippen LogP contribution is -2.31. The summed E-state index contributed by atoms with van der Waals surface area (Å²) in [5, 5.41) is 0. The zero-order chi connectivity index (χ0) is 13.5. The van der Waals surface area contributed by atoms with Crippen LogP contribution in [-0.2, 0) is 19.5 Å². The molecule has 1 fully saturated rings. The molecule has 4 nitrogen and oxygen atoms in total. The Hall–Kier alpha value is -1.20. The van der Waals surface area contributed by atoms with Crippen LogP contribution < -0.4 is 0 Å². The first-order valence-electron chi connectivity index (χ1n) is 7.08. The minimum Gasteiger partial charge on any atom is -0.467 e. The number of fused-ring (bicyclic) bond motifs is 1. The molecule has 1 aliphatic carbocycles. The highest BCUT2D eigenvalue weighted by molar-refractivity contribution is 9.10. The first kappa shape index (κ1) is 12.5. The van der Waals surface area contributed by atoms with Crippen molar-refractivity contribution in [1.29, 1.82) is 0 Å². The second kappa shape index (κ2) is 4.97. The molecule has 0 saturated heterocycles.